The third-order valence-electron chi connectivity index (χ3n) is 2.40. The predicted octanol–water partition coefficient (Wildman–Crippen LogP) is 2.84. The van der Waals surface area contributed by atoms with Gasteiger partial charge in [-0.1, -0.05) is 12.1 Å². The molecule has 1 rings (SSSR count). The van der Waals surface area contributed by atoms with E-state index in [1.165, 1.54) is 11.3 Å². The van der Waals surface area contributed by atoms with Gasteiger partial charge in [0, 0.05) is 19.8 Å². The molecule has 0 radical (unpaired) electrons. The summed E-state index contributed by atoms with van der Waals surface area (Å²) in [6.45, 7) is 3.93. The molecule has 0 spiro atoms. The summed E-state index contributed by atoms with van der Waals surface area (Å²) in [4.78, 5) is 2.07. The zero-order chi connectivity index (χ0) is 11.5. The molecule has 0 heterocycles. The first-order chi connectivity index (χ1) is 6.94. The molecule has 1 aromatic rings. The van der Waals surface area contributed by atoms with E-state index in [1.54, 1.807) is 0 Å². The first kappa shape index (κ1) is 11.6. The minimum absolute atomic E-state index is 0.278. The Kier molecular flexibility index (Phi) is 3.36. The second-order valence-electron chi connectivity index (χ2n) is 4.73. The molecule has 0 atom stereocenters. The smallest absolute Gasteiger partial charge is 0.0687 e. The summed E-state index contributed by atoms with van der Waals surface area (Å²) in [7, 11) is 4.04. The van der Waals surface area contributed by atoms with Crippen LogP contribution in [0, 0.1) is 16.7 Å². The van der Waals surface area contributed by atoms with Gasteiger partial charge in [0.25, 0.3) is 0 Å². The summed E-state index contributed by atoms with van der Waals surface area (Å²) in [6.07, 6.45) is 0.803. The maximum atomic E-state index is 8.94. The van der Waals surface area contributed by atoms with E-state index in [-0.39, 0.29) is 5.41 Å². The zero-order valence-corrected chi connectivity index (χ0v) is 9.91. The minimum Gasteiger partial charge on any atom is -0.378 e. The third-order valence-corrected chi connectivity index (χ3v) is 2.40. The van der Waals surface area contributed by atoms with Crippen LogP contribution in [0.1, 0.15) is 19.4 Å². The van der Waals surface area contributed by atoms with E-state index in [0.717, 1.165) is 6.42 Å². The molecule has 2 heteroatoms. The van der Waals surface area contributed by atoms with Crippen LogP contribution in [0.25, 0.3) is 0 Å². The van der Waals surface area contributed by atoms with E-state index in [1.807, 2.05) is 27.9 Å². The van der Waals surface area contributed by atoms with Crippen molar-refractivity contribution >= 4 is 5.69 Å². The summed E-state index contributed by atoms with van der Waals surface area (Å²) in [5.74, 6) is 0. The van der Waals surface area contributed by atoms with Crippen LogP contribution in [0.3, 0.4) is 0 Å². The summed E-state index contributed by atoms with van der Waals surface area (Å²) >= 11 is 0. The van der Waals surface area contributed by atoms with Gasteiger partial charge >= 0.3 is 0 Å². The summed E-state index contributed by atoms with van der Waals surface area (Å²) < 4.78 is 0. The van der Waals surface area contributed by atoms with Crippen molar-refractivity contribution in [3.8, 4) is 6.07 Å². The number of hydrogen-bond acceptors (Lipinski definition) is 2. The number of hydrogen-bond donors (Lipinski definition) is 0. The normalized spacial score (nSPS) is 10.9. The molecule has 80 valence electrons. The number of benzene rings is 1. The largest absolute Gasteiger partial charge is 0.378 e. The average Bonchev–Trinajstić information content (AvgIpc) is 2.18. The van der Waals surface area contributed by atoms with Gasteiger partial charge in [-0.15, -0.1) is 0 Å². The number of nitrogens with zero attached hydrogens (tertiary/aromatic N) is 2. The Morgan fingerprint density at radius 2 is 1.73 bits per heavy atom. The maximum absolute atomic E-state index is 8.94. The second kappa shape index (κ2) is 4.35. The quantitative estimate of drug-likeness (QED) is 0.753. The molecule has 0 bridgehead atoms. The van der Waals surface area contributed by atoms with Gasteiger partial charge in [-0.3, -0.25) is 0 Å². The highest BCUT2D eigenvalue weighted by atomic mass is 15.1. The minimum atomic E-state index is -0.278. The lowest BCUT2D eigenvalue weighted by Crippen LogP contribution is -2.12. The van der Waals surface area contributed by atoms with Crippen LogP contribution >= 0.6 is 0 Å². The first-order valence-electron chi connectivity index (χ1n) is 5.12. The molecule has 0 unspecified atom stereocenters. The molecule has 0 aliphatic rings. The van der Waals surface area contributed by atoms with Crippen molar-refractivity contribution < 1.29 is 0 Å². The Balaban J connectivity index is 2.78. The fourth-order valence-electron chi connectivity index (χ4n) is 1.46. The Hall–Kier alpha value is -1.49. The van der Waals surface area contributed by atoms with Crippen LogP contribution < -0.4 is 4.90 Å². The van der Waals surface area contributed by atoms with Crippen molar-refractivity contribution in [2.24, 2.45) is 5.41 Å². The molecular weight excluding hydrogens is 184 g/mol. The molecular formula is C13H18N2. The standard InChI is InChI=1S/C13H18N2/c1-13(2,10-14)9-11-5-7-12(8-6-11)15(3)4/h5-8H,9H2,1-4H3. The van der Waals surface area contributed by atoms with Gasteiger partial charge in [-0.05, 0) is 38.0 Å². The lowest BCUT2D eigenvalue weighted by Gasteiger charge is -2.16. The van der Waals surface area contributed by atoms with E-state index in [0.29, 0.717) is 0 Å². The van der Waals surface area contributed by atoms with Crippen molar-refractivity contribution in [2.75, 3.05) is 19.0 Å². The van der Waals surface area contributed by atoms with Gasteiger partial charge in [0.15, 0.2) is 0 Å². The van der Waals surface area contributed by atoms with Gasteiger partial charge in [-0.2, -0.15) is 5.26 Å². The molecule has 0 fully saturated rings. The molecule has 0 aliphatic carbocycles. The lowest BCUT2D eigenvalue weighted by molar-refractivity contribution is 0.493. The lowest BCUT2D eigenvalue weighted by atomic mass is 9.87. The van der Waals surface area contributed by atoms with Crippen LogP contribution in [0.4, 0.5) is 5.69 Å². The van der Waals surface area contributed by atoms with E-state index >= 15 is 0 Å². The second-order valence-corrected chi connectivity index (χ2v) is 4.73. The van der Waals surface area contributed by atoms with Gasteiger partial charge in [-0.25, -0.2) is 0 Å². The van der Waals surface area contributed by atoms with Crippen molar-refractivity contribution in [1.29, 1.82) is 5.26 Å². The highest BCUT2D eigenvalue weighted by Crippen LogP contribution is 2.22. The fraction of sp³-hybridized carbons (Fsp3) is 0.462. The molecule has 0 aromatic heterocycles. The topological polar surface area (TPSA) is 27.0 Å². The molecule has 15 heavy (non-hydrogen) atoms. The number of anilines is 1. The van der Waals surface area contributed by atoms with Gasteiger partial charge in [0.05, 0.1) is 11.5 Å². The summed E-state index contributed by atoms with van der Waals surface area (Å²) in [5.41, 5.74) is 2.13. The zero-order valence-electron chi connectivity index (χ0n) is 9.91. The Morgan fingerprint density at radius 1 is 1.20 bits per heavy atom. The van der Waals surface area contributed by atoms with Crippen LogP contribution in [0.2, 0.25) is 0 Å². The van der Waals surface area contributed by atoms with Crippen LogP contribution in [0.15, 0.2) is 24.3 Å². The molecule has 0 amide bonds. The van der Waals surface area contributed by atoms with Gasteiger partial charge in [0.2, 0.25) is 0 Å². The molecule has 0 saturated carbocycles. The first-order valence-corrected chi connectivity index (χ1v) is 5.12. The van der Waals surface area contributed by atoms with Crippen LogP contribution in [-0.4, -0.2) is 14.1 Å². The Labute approximate surface area is 92.1 Å². The van der Waals surface area contributed by atoms with Crippen molar-refractivity contribution in [2.45, 2.75) is 20.3 Å². The Morgan fingerprint density at radius 3 is 2.13 bits per heavy atom. The van der Waals surface area contributed by atoms with Crippen LogP contribution in [0.5, 0.6) is 0 Å². The van der Waals surface area contributed by atoms with Gasteiger partial charge < -0.3 is 4.90 Å². The summed E-state index contributed by atoms with van der Waals surface area (Å²) in [5, 5.41) is 8.94. The van der Waals surface area contributed by atoms with E-state index < -0.39 is 0 Å². The maximum Gasteiger partial charge on any atom is 0.0687 e. The van der Waals surface area contributed by atoms with Gasteiger partial charge in [0.1, 0.15) is 0 Å². The Bertz CT molecular complexity index is 355. The van der Waals surface area contributed by atoms with Crippen molar-refractivity contribution in [3.05, 3.63) is 29.8 Å². The highest BCUT2D eigenvalue weighted by Gasteiger charge is 2.16. The number of nitriles is 1. The van der Waals surface area contributed by atoms with Crippen molar-refractivity contribution in [3.63, 3.8) is 0 Å². The monoisotopic (exact) mass is 202 g/mol. The third kappa shape index (κ3) is 3.28. The molecule has 1 aromatic carbocycles. The van der Waals surface area contributed by atoms with E-state index in [2.05, 4.69) is 35.2 Å². The SMILES string of the molecule is CN(C)c1ccc(CC(C)(C)C#N)cc1. The molecule has 0 N–H and O–H groups in total. The van der Waals surface area contributed by atoms with Crippen molar-refractivity contribution in [1.82, 2.24) is 0 Å². The molecule has 0 aliphatic heterocycles. The highest BCUT2D eigenvalue weighted by molar-refractivity contribution is 5.46. The fourth-order valence-corrected chi connectivity index (χ4v) is 1.46. The molecule has 2 nitrogen and oxygen atoms in total. The summed E-state index contributed by atoms with van der Waals surface area (Å²) in [6, 6.07) is 10.7. The average molecular weight is 202 g/mol. The molecule has 0 saturated heterocycles. The van der Waals surface area contributed by atoms with E-state index in [4.69, 9.17) is 5.26 Å². The van der Waals surface area contributed by atoms with E-state index in [9.17, 15) is 0 Å². The number of rotatable bonds is 3. The van der Waals surface area contributed by atoms with Crippen LogP contribution in [-0.2, 0) is 6.42 Å². The predicted molar refractivity (Wildman–Crippen MR) is 63.9 cm³/mol.